The van der Waals surface area contributed by atoms with Crippen LogP contribution in [-0.4, -0.2) is 43.4 Å². The lowest BCUT2D eigenvalue weighted by Crippen LogP contribution is -2.57. The molecule has 1 aliphatic heterocycles. The van der Waals surface area contributed by atoms with Gasteiger partial charge < -0.3 is 19.1 Å². The van der Waals surface area contributed by atoms with Crippen molar-refractivity contribution in [1.82, 2.24) is 10.4 Å². The van der Waals surface area contributed by atoms with Crippen molar-refractivity contribution in [2.45, 2.75) is 32.1 Å². The standard InChI is InChI=1S/C28H31N3O5/c1-34-26-16-14-24(15-17-26)30-18-8-13-25(19-30)31(28(33)36-21-23-11-6-3-7-12-23)29-27(32)35-20-22-9-4-2-5-10-22/h2-7,9-12,14-17,25H,8,13,18-21H2,1H3,(H,29,32). The highest BCUT2D eigenvalue weighted by molar-refractivity contribution is 5.74. The van der Waals surface area contributed by atoms with Crippen LogP contribution in [0.1, 0.15) is 24.0 Å². The summed E-state index contributed by atoms with van der Waals surface area (Å²) in [5, 5.41) is 1.27. The Bertz CT molecular complexity index is 1110. The fourth-order valence-corrected chi connectivity index (χ4v) is 4.12. The predicted molar refractivity (Wildman–Crippen MR) is 136 cm³/mol. The van der Waals surface area contributed by atoms with Gasteiger partial charge in [-0.3, -0.25) is 0 Å². The molecule has 0 spiro atoms. The van der Waals surface area contributed by atoms with Crippen molar-refractivity contribution >= 4 is 17.9 Å². The van der Waals surface area contributed by atoms with Crippen molar-refractivity contribution in [3.8, 4) is 5.75 Å². The minimum atomic E-state index is -0.711. The van der Waals surface area contributed by atoms with E-state index < -0.39 is 12.2 Å². The summed E-state index contributed by atoms with van der Waals surface area (Å²) in [5.41, 5.74) is 5.37. The van der Waals surface area contributed by atoms with Crippen molar-refractivity contribution in [3.63, 3.8) is 0 Å². The van der Waals surface area contributed by atoms with E-state index in [2.05, 4.69) is 10.3 Å². The Hall–Kier alpha value is -4.20. The second-order valence-electron chi connectivity index (χ2n) is 8.52. The van der Waals surface area contributed by atoms with Crippen LogP contribution < -0.4 is 15.1 Å². The van der Waals surface area contributed by atoms with Crippen LogP contribution in [-0.2, 0) is 22.7 Å². The second kappa shape index (κ2) is 12.5. The molecule has 0 bridgehead atoms. The van der Waals surface area contributed by atoms with Gasteiger partial charge >= 0.3 is 12.2 Å². The number of carbonyl (C=O) groups is 2. The van der Waals surface area contributed by atoms with Crippen molar-refractivity contribution < 1.29 is 23.8 Å². The summed E-state index contributed by atoms with van der Waals surface area (Å²) in [7, 11) is 1.63. The topological polar surface area (TPSA) is 80.3 Å². The quantitative estimate of drug-likeness (QED) is 0.463. The predicted octanol–water partition coefficient (Wildman–Crippen LogP) is 5.14. The van der Waals surface area contributed by atoms with Crippen LogP contribution in [0.4, 0.5) is 15.3 Å². The molecule has 0 aliphatic carbocycles. The van der Waals surface area contributed by atoms with Gasteiger partial charge in [-0.25, -0.2) is 20.0 Å². The van der Waals surface area contributed by atoms with E-state index in [0.29, 0.717) is 13.0 Å². The summed E-state index contributed by atoms with van der Waals surface area (Å²) in [6.07, 6.45) is 0.223. The molecule has 1 N–H and O–H groups in total. The molecule has 0 aromatic heterocycles. The molecule has 2 amide bonds. The summed E-state index contributed by atoms with van der Waals surface area (Å²) < 4.78 is 16.2. The number of rotatable bonds is 7. The highest BCUT2D eigenvalue weighted by Gasteiger charge is 2.32. The van der Waals surface area contributed by atoms with E-state index in [4.69, 9.17) is 14.2 Å². The molecule has 0 radical (unpaired) electrons. The van der Waals surface area contributed by atoms with Crippen molar-refractivity contribution in [2.75, 3.05) is 25.1 Å². The third-order valence-electron chi connectivity index (χ3n) is 6.03. The van der Waals surface area contributed by atoms with Crippen LogP contribution in [0.15, 0.2) is 84.9 Å². The molecule has 1 aliphatic rings. The highest BCUT2D eigenvalue weighted by Crippen LogP contribution is 2.25. The van der Waals surface area contributed by atoms with Gasteiger partial charge in [0.2, 0.25) is 0 Å². The minimum Gasteiger partial charge on any atom is -0.497 e. The first-order valence-corrected chi connectivity index (χ1v) is 12.0. The van der Waals surface area contributed by atoms with Crippen LogP contribution in [0.2, 0.25) is 0 Å². The first-order valence-electron chi connectivity index (χ1n) is 12.0. The van der Waals surface area contributed by atoms with E-state index in [9.17, 15) is 9.59 Å². The van der Waals surface area contributed by atoms with Gasteiger partial charge in [-0.15, -0.1) is 0 Å². The SMILES string of the molecule is COc1ccc(N2CCCC(N(NC(=O)OCc3ccccc3)C(=O)OCc3ccccc3)C2)cc1. The average molecular weight is 490 g/mol. The van der Waals surface area contributed by atoms with Gasteiger partial charge in [0.15, 0.2) is 0 Å². The number of hydrogen-bond donors (Lipinski definition) is 1. The molecule has 3 aromatic carbocycles. The lowest BCUT2D eigenvalue weighted by atomic mass is 10.0. The Morgan fingerprint density at radius 3 is 2.11 bits per heavy atom. The van der Waals surface area contributed by atoms with Crippen molar-refractivity contribution in [2.24, 2.45) is 0 Å². The van der Waals surface area contributed by atoms with Crippen LogP contribution in [0.3, 0.4) is 0 Å². The number of anilines is 1. The smallest absolute Gasteiger partial charge is 0.429 e. The zero-order chi connectivity index (χ0) is 25.2. The van der Waals surface area contributed by atoms with Gasteiger partial charge in [-0.1, -0.05) is 60.7 Å². The Balaban J connectivity index is 1.44. The fraction of sp³-hybridized carbons (Fsp3) is 0.286. The number of nitrogens with zero attached hydrogens (tertiary/aromatic N) is 2. The maximum absolute atomic E-state index is 13.2. The van der Waals surface area contributed by atoms with E-state index in [1.54, 1.807) is 7.11 Å². The number of carbonyl (C=O) groups excluding carboxylic acids is 2. The number of benzene rings is 3. The first-order chi connectivity index (χ1) is 17.6. The Labute approximate surface area is 211 Å². The molecule has 1 fully saturated rings. The third kappa shape index (κ3) is 6.91. The highest BCUT2D eigenvalue weighted by atomic mass is 16.6. The molecule has 188 valence electrons. The summed E-state index contributed by atoms with van der Waals surface area (Å²) in [6.45, 7) is 1.58. The van der Waals surface area contributed by atoms with Gasteiger partial charge in [-0.2, -0.15) is 0 Å². The first kappa shape index (κ1) is 24.9. The lowest BCUT2D eigenvalue weighted by molar-refractivity contribution is 0.0432. The monoisotopic (exact) mass is 489 g/mol. The third-order valence-corrected chi connectivity index (χ3v) is 6.03. The lowest BCUT2D eigenvalue weighted by Gasteiger charge is -2.39. The molecular formula is C28H31N3O5. The molecule has 3 aromatic rings. The van der Waals surface area contributed by atoms with Gasteiger partial charge in [0.25, 0.3) is 0 Å². The molecule has 36 heavy (non-hydrogen) atoms. The molecule has 0 saturated carbocycles. The maximum Gasteiger partial charge on any atom is 0.429 e. The minimum absolute atomic E-state index is 0.0994. The second-order valence-corrected chi connectivity index (χ2v) is 8.52. The molecule has 4 rings (SSSR count). The summed E-state index contributed by atoms with van der Waals surface area (Å²) in [5.74, 6) is 0.779. The number of amides is 2. The van der Waals surface area contributed by atoms with Crippen LogP contribution in [0.5, 0.6) is 5.75 Å². The number of hydrogen-bond acceptors (Lipinski definition) is 6. The zero-order valence-electron chi connectivity index (χ0n) is 20.3. The molecular weight excluding hydrogens is 458 g/mol. The largest absolute Gasteiger partial charge is 0.497 e. The number of piperidine rings is 1. The van der Waals surface area contributed by atoms with E-state index >= 15 is 0 Å². The molecule has 1 atom stereocenters. The Morgan fingerprint density at radius 1 is 0.889 bits per heavy atom. The van der Waals surface area contributed by atoms with Crippen LogP contribution in [0.25, 0.3) is 0 Å². The van der Waals surface area contributed by atoms with Crippen LogP contribution in [0, 0.1) is 0 Å². The Kier molecular flexibility index (Phi) is 8.64. The van der Waals surface area contributed by atoms with Gasteiger partial charge in [0.05, 0.1) is 13.2 Å². The van der Waals surface area contributed by atoms with Crippen LogP contribution >= 0.6 is 0 Å². The molecule has 1 heterocycles. The normalized spacial score (nSPS) is 15.0. The van der Waals surface area contributed by atoms with Gasteiger partial charge in [0, 0.05) is 18.8 Å². The van der Waals surface area contributed by atoms with E-state index in [0.717, 1.165) is 35.5 Å². The Morgan fingerprint density at radius 2 is 1.50 bits per heavy atom. The summed E-state index contributed by atoms with van der Waals surface area (Å²) in [6, 6.07) is 26.3. The van der Waals surface area contributed by atoms with Crippen molar-refractivity contribution in [3.05, 3.63) is 96.1 Å². The maximum atomic E-state index is 13.2. The number of methoxy groups -OCH3 is 1. The zero-order valence-corrected chi connectivity index (χ0v) is 20.3. The van der Waals surface area contributed by atoms with Gasteiger partial charge in [0.1, 0.15) is 19.0 Å². The summed E-state index contributed by atoms with van der Waals surface area (Å²) >= 11 is 0. The van der Waals surface area contributed by atoms with Gasteiger partial charge in [-0.05, 0) is 48.2 Å². The number of nitrogens with one attached hydrogen (secondary N) is 1. The molecule has 8 nitrogen and oxygen atoms in total. The average Bonchev–Trinajstić information content (AvgIpc) is 2.95. The van der Waals surface area contributed by atoms with E-state index in [1.165, 1.54) is 5.01 Å². The number of ether oxygens (including phenoxy) is 3. The fourth-order valence-electron chi connectivity index (χ4n) is 4.12. The molecule has 1 unspecified atom stereocenters. The molecule has 8 heteroatoms. The summed E-state index contributed by atoms with van der Waals surface area (Å²) in [4.78, 5) is 28.0. The van der Waals surface area contributed by atoms with E-state index in [1.807, 2.05) is 84.9 Å². The number of hydrazine groups is 1. The van der Waals surface area contributed by atoms with Crippen molar-refractivity contribution in [1.29, 1.82) is 0 Å². The van der Waals surface area contributed by atoms with E-state index in [-0.39, 0.29) is 19.3 Å². The molecule has 1 saturated heterocycles.